The molecule has 1 aliphatic heterocycles. The van der Waals surface area contributed by atoms with Gasteiger partial charge in [-0.3, -0.25) is 14.9 Å². The number of benzene rings is 2. The number of nitro benzene ring substituents is 1. The summed E-state index contributed by atoms with van der Waals surface area (Å²) in [6, 6.07) is 10.9. The molecule has 1 atom stereocenters. The molecule has 2 heterocycles. The van der Waals surface area contributed by atoms with Crippen molar-refractivity contribution in [2.75, 3.05) is 6.61 Å². The molecule has 3 aromatic rings. The smallest absolute Gasteiger partial charge is 0.270 e. The van der Waals surface area contributed by atoms with E-state index in [1.54, 1.807) is 24.3 Å². The molecule has 138 valence electrons. The van der Waals surface area contributed by atoms with Crippen LogP contribution in [0.15, 0.2) is 57.9 Å². The fourth-order valence-electron chi connectivity index (χ4n) is 3.12. The van der Waals surface area contributed by atoms with E-state index >= 15 is 0 Å². The van der Waals surface area contributed by atoms with Crippen molar-refractivity contribution in [2.24, 2.45) is 0 Å². The number of nitrogens with zero attached hydrogens (tertiary/aromatic N) is 1. The standard InChI is InChI=1S/C20H17NO6/c22-20-16-8-7-15(27-19-6-1-2-9-25-19)11-18(16)26-12-17(20)13-4-3-5-14(10-13)21(23)24/h3-5,7-8,10-12,19H,1-2,6,9H2. The number of hydrogen-bond acceptors (Lipinski definition) is 6. The van der Waals surface area contributed by atoms with Crippen LogP contribution in [0.3, 0.4) is 0 Å². The molecular formula is C20H17NO6. The normalized spacial score (nSPS) is 17.0. The average molecular weight is 367 g/mol. The van der Waals surface area contributed by atoms with Crippen molar-refractivity contribution in [3.63, 3.8) is 0 Å². The number of fused-ring (bicyclic) bond motifs is 1. The van der Waals surface area contributed by atoms with E-state index in [0.29, 0.717) is 28.9 Å². The first-order chi connectivity index (χ1) is 13.1. The predicted molar refractivity (Wildman–Crippen MR) is 98.8 cm³/mol. The van der Waals surface area contributed by atoms with Crippen molar-refractivity contribution in [1.82, 2.24) is 0 Å². The number of rotatable bonds is 4. The van der Waals surface area contributed by atoms with E-state index in [4.69, 9.17) is 13.9 Å². The van der Waals surface area contributed by atoms with E-state index in [1.807, 2.05) is 0 Å². The molecule has 1 saturated heterocycles. The number of ether oxygens (including phenoxy) is 2. The Labute approximate surface area is 154 Å². The van der Waals surface area contributed by atoms with Gasteiger partial charge in [-0.2, -0.15) is 0 Å². The van der Waals surface area contributed by atoms with E-state index in [2.05, 4.69) is 0 Å². The van der Waals surface area contributed by atoms with Gasteiger partial charge in [0.2, 0.25) is 0 Å². The second-order valence-corrected chi connectivity index (χ2v) is 6.36. The molecule has 0 radical (unpaired) electrons. The minimum absolute atomic E-state index is 0.0803. The quantitative estimate of drug-likeness (QED) is 0.505. The molecule has 0 amide bonds. The monoisotopic (exact) mass is 367 g/mol. The summed E-state index contributed by atoms with van der Waals surface area (Å²) in [5, 5.41) is 11.3. The summed E-state index contributed by atoms with van der Waals surface area (Å²) >= 11 is 0. The molecule has 7 heteroatoms. The fraction of sp³-hybridized carbons (Fsp3) is 0.250. The summed E-state index contributed by atoms with van der Waals surface area (Å²) in [6.07, 6.45) is 3.96. The third-order valence-corrected chi connectivity index (χ3v) is 4.52. The van der Waals surface area contributed by atoms with Crippen molar-refractivity contribution in [1.29, 1.82) is 0 Å². The van der Waals surface area contributed by atoms with Crippen LogP contribution >= 0.6 is 0 Å². The van der Waals surface area contributed by atoms with Gasteiger partial charge in [0, 0.05) is 24.6 Å². The molecule has 0 aliphatic carbocycles. The molecule has 0 N–H and O–H groups in total. The van der Waals surface area contributed by atoms with Gasteiger partial charge in [-0.25, -0.2) is 0 Å². The first-order valence-corrected chi connectivity index (χ1v) is 8.70. The van der Waals surface area contributed by atoms with Crippen LogP contribution in [0.2, 0.25) is 0 Å². The summed E-state index contributed by atoms with van der Waals surface area (Å²) in [6.45, 7) is 0.680. The highest BCUT2D eigenvalue weighted by molar-refractivity contribution is 5.82. The SMILES string of the molecule is O=c1c(-c2cccc([N+](=O)[O-])c2)coc2cc(OC3CCCCO3)ccc12. The summed E-state index contributed by atoms with van der Waals surface area (Å²) in [5.41, 5.74) is 0.772. The Hall–Kier alpha value is -3.19. The van der Waals surface area contributed by atoms with Gasteiger partial charge in [-0.1, -0.05) is 12.1 Å². The van der Waals surface area contributed by atoms with E-state index in [9.17, 15) is 14.9 Å². The molecule has 0 saturated carbocycles. The lowest BCUT2D eigenvalue weighted by Gasteiger charge is -2.23. The zero-order valence-corrected chi connectivity index (χ0v) is 14.4. The third-order valence-electron chi connectivity index (χ3n) is 4.52. The third kappa shape index (κ3) is 3.54. The topological polar surface area (TPSA) is 91.8 Å². The minimum Gasteiger partial charge on any atom is -0.465 e. The highest BCUT2D eigenvalue weighted by Gasteiger charge is 2.17. The van der Waals surface area contributed by atoms with Crippen molar-refractivity contribution in [3.8, 4) is 16.9 Å². The van der Waals surface area contributed by atoms with Gasteiger partial charge in [-0.05, 0) is 30.5 Å². The van der Waals surface area contributed by atoms with Gasteiger partial charge < -0.3 is 13.9 Å². The van der Waals surface area contributed by atoms with Crippen molar-refractivity contribution >= 4 is 16.7 Å². The molecule has 27 heavy (non-hydrogen) atoms. The van der Waals surface area contributed by atoms with E-state index < -0.39 is 4.92 Å². The van der Waals surface area contributed by atoms with Crippen LogP contribution in [0.5, 0.6) is 5.75 Å². The second-order valence-electron chi connectivity index (χ2n) is 6.36. The van der Waals surface area contributed by atoms with E-state index in [0.717, 1.165) is 19.3 Å². The van der Waals surface area contributed by atoms with E-state index in [-0.39, 0.29) is 23.0 Å². The lowest BCUT2D eigenvalue weighted by atomic mass is 10.0. The van der Waals surface area contributed by atoms with Gasteiger partial charge in [0.15, 0.2) is 11.7 Å². The molecule has 4 rings (SSSR count). The van der Waals surface area contributed by atoms with E-state index in [1.165, 1.54) is 24.5 Å². The van der Waals surface area contributed by atoms with Gasteiger partial charge in [-0.15, -0.1) is 0 Å². The van der Waals surface area contributed by atoms with Crippen molar-refractivity contribution in [3.05, 3.63) is 69.1 Å². The molecule has 1 aliphatic rings. The first-order valence-electron chi connectivity index (χ1n) is 8.70. The summed E-state index contributed by atoms with van der Waals surface area (Å²) < 4.78 is 17.0. The summed E-state index contributed by atoms with van der Waals surface area (Å²) in [5.74, 6) is 0.570. The predicted octanol–water partition coefficient (Wildman–Crippen LogP) is 4.27. The Morgan fingerprint density at radius 3 is 2.81 bits per heavy atom. The van der Waals surface area contributed by atoms with Crippen LogP contribution in [-0.2, 0) is 4.74 Å². The van der Waals surface area contributed by atoms with Crippen LogP contribution in [0.1, 0.15) is 19.3 Å². The highest BCUT2D eigenvalue weighted by Crippen LogP contribution is 2.26. The zero-order valence-electron chi connectivity index (χ0n) is 14.4. The Morgan fingerprint density at radius 2 is 2.04 bits per heavy atom. The summed E-state index contributed by atoms with van der Waals surface area (Å²) in [4.78, 5) is 23.3. The maximum Gasteiger partial charge on any atom is 0.270 e. The lowest BCUT2D eigenvalue weighted by Crippen LogP contribution is -2.24. The van der Waals surface area contributed by atoms with Gasteiger partial charge in [0.25, 0.3) is 5.69 Å². The fourth-order valence-corrected chi connectivity index (χ4v) is 3.12. The van der Waals surface area contributed by atoms with Gasteiger partial charge in [0.05, 0.1) is 22.5 Å². The first kappa shape index (κ1) is 17.2. The molecular weight excluding hydrogens is 350 g/mol. The van der Waals surface area contributed by atoms with Crippen LogP contribution in [0.4, 0.5) is 5.69 Å². The number of nitro groups is 1. The zero-order chi connectivity index (χ0) is 18.8. The lowest BCUT2D eigenvalue weighted by molar-refractivity contribution is -0.384. The molecule has 7 nitrogen and oxygen atoms in total. The maximum atomic E-state index is 12.8. The largest absolute Gasteiger partial charge is 0.465 e. The number of non-ortho nitro benzene ring substituents is 1. The Balaban J connectivity index is 1.68. The van der Waals surface area contributed by atoms with Gasteiger partial charge in [0.1, 0.15) is 17.6 Å². The van der Waals surface area contributed by atoms with Gasteiger partial charge >= 0.3 is 0 Å². The number of hydrogen-bond donors (Lipinski definition) is 0. The van der Waals surface area contributed by atoms with Crippen molar-refractivity contribution < 1.29 is 18.8 Å². The molecule has 0 spiro atoms. The van der Waals surface area contributed by atoms with Crippen LogP contribution in [-0.4, -0.2) is 17.8 Å². The minimum atomic E-state index is -0.497. The maximum absolute atomic E-state index is 12.8. The Kier molecular flexibility index (Phi) is 4.60. The van der Waals surface area contributed by atoms with Crippen LogP contribution in [0, 0.1) is 10.1 Å². The second kappa shape index (κ2) is 7.20. The van der Waals surface area contributed by atoms with Crippen LogP contribution in [0.25, 0.3) is 22.1 Å². The highest BCUT2D eigenvalue weighted by atomic mass is 16.7. The Morgan fingerprint density at radius 1 is 1.15 bits per heavy atom. The molecule has 1 unspecified atom stereocenters. The Bertz CT molecular complexity index is 1050. The molecule has 1 fully saturated rings. The van der Waals surface area contributed by atoms with Crippen LogP contribution < -0.4 is 10.2 Å². The summed E-state index contributed by atoms with van der Waals surface area (Å²) in [7, 11) is 0. The average Bonchev–Trinajstić information content (AvgIpc) is 2.69. The van der Waals surface area contributed by atoms with Crippen molar-refractivity contribution in [2.45, 2.75) is 25.6 Å². The molecule has 1 aromatic heterocycles. The molecule has 2 aromatic carbocycles. The molecule has 0 bridgehead atoms.